The molecule has 0 unspecified atom stereocenters. The zero-order valence-electron chi connectivity index (χ0n) is 14.4. The van der Waals surface area contributed by atoms with Crippen LogP contribution in [-0.2, 0) is 6.54 Å². The third-order valence-electron chi connectivity index (χ3n) is 3.94. The highest BCUT2D eigenvalue weighted by atomic mass is 35.5. The van der Waals surface area contributed by atoms with E-state index in [1.54, 1.807) is 35.0 Å². The molecule has 1 aromatic heterocycles. The van der Waals surface area contributed by atoms with Gasteiger partial charge in [0.05, 0.1) is 23.6 Å². The number of nitrogens with zero attached hydrogens (tertiary/aromatic N) is 2. The zero-order chi connectivity index (χ0) is 18.7. The Morgan fingerprint density at radius 3 is 2.58 bits per heavy atom. The molecule has 3 aromatic rings. The van der Waals surface area contributed by atoms with Crippen LogP contribution < -0.4 is 10.6 Å². The van der Waals surface area contributed by atoms with Gasteiger partial charge in [-0.3, -0.25) is 4.68 Å². The van der Waals surface area contributed by atoms with Gasteiger partial charge < -0.3 is 10.6 Å². The van der Waals surface area contributed by atoms with Crippen molar-refractivity contribution in [1.82, 2.24) is 9.78 Å². The summed E-state index contributed by atoms with van der Waals surface area (Å²) in [7, 11) is 0. The van der Waals surface area contributed by atoms with E-state index in [9.17, 15) is 9.18 Å². The summed E-state index contributed by atoms with van der Waals surface area (Å²) in [5.41, 5.74) is 3.54. The van der Waals surface area contributed by atoms with Crippen LogP contribution in [0.3, 0.4) is 0 Å². The van der Waals surface area contributed by atoms with Crippen molar-refractivity contribution in [1.29, 1.82) is 0 Å². The number of benzene rings is 2. The van der Waals surface area contributed by atoms with Crippen molar-refractivity contribution in [3.63, 3.8) is 0 Å². The molecule has 2 amide bonds. The first-order valence-corrected chi connectivity index (χ1v) is 8.42. The lowest BCUT2D eigenvalue weighted by Gasteiger charge is -2.09. The van der Waals surface area contributed by atoms with E-state index in [0.29, 0.717) is 28.6 Å². The molecule has 0 radical (unpaired) electrons. The van der Waals surface area contributed by atoms with Gasteiger partial charge in [-0.05, 0) is 55.8 Å². The van der Waals surface area contributed by atoms with Gasteiger partial charge in [-0.15, -0.1) is 0 Å². The number of carbonyl (C=O) groups excluding carboxylic acids is 1. The van der Waals surface area contributed by atoms with Gasteiger partial charge in [-0.25, -0.2) is 9.18 Å². The summed E-state index contributed by atoms with van der Waals surface area (Å²) in [5.74, 6) is -0.287. The molecule has 3 rings (SSSR count). The molecule has 0 fully saturated rings. The summed E-state index contributed by atoms with van der Waals surface area (Å²) in [4.78, 5) is 12.2. The van der Waals surface area contributed by atoms with Crippen LogP contribution in [0, 0.1) is 19.7 Å². The molecule has 7 heteroatoms. The molecule has 1 heterocycles. The van der Waals surface area contributed by atoms with Gasteiger partial charge in [-0.1, -0.05) is 23.7 Å². The first kappa shape index (κ1) is 17.9. The smallest absolute Gasteiger partial charge is 0.308 e. The standard InChI is InChI=1S/C19H18ClFN4O/c1-12-18(23-19(26)22-17-8-6-15(20)7-9-17)13(2)25(24-12)11-14-4-3-5-16(21)10-14/h3-10H,11H2,1-2H3,(H2,22,23,26). The number of hydrogen-bond acceptors (Lipinski definition) is 2. The van der Waals surface area contributed by atoms with E-state index in [-0.39, 0.29) is 11.8 Å². The van der Waals surface area contributed by atoms with Gasteiger partial charge in [0.25, 0.3) is 0 Å². The number of aromatic nitrogens is 2. The Kier molecular flexibility index (Phi) is 5.23. The van der Waals surface area contributed by atoms with Crippen molar-refractivity contribution in [3.8, 4) is 0 Å². The molecule has 0 atom stereocenters. The van der Waals surface area contributed by atoms with Crippen molar-refractivity contribution in [3.05, 3.63) is 76.3 Å². The summed E-state index contributed by atoms with van der Waals surface area (Å²) in [6, 6.07) is 12.8. The Bertz CT molecular complexity index is 937. The second-order valence-corrected chi connectivity index (χ2v) is 6.36. The Hall–Kier alpha value is -2.86. The lowest BCUT2D eigenvalue weighted by Crippen LogP contribution is -2.20. The second-order valence-electron chi connectivity index (χ2n) is 5.92. The minimum absolute atomic E-state index is 0.287. The highest BCUT2D eigenvalue weighted by Crippen LogP contribution is 2.21. The molecule has 0 aliphatic rings. The average molecular weight is 373 g/mol. The molecule has 0 spiro atoms. The van der Waals surface area contributed by atoms with Crippen LogP contribution >= 0.6 is 11.6 Å². The number of aryl methyl sites for hydroxylation is 1. The maximum atomic E-state index is 13.4. The molecule has 0 saturated carbocycles. The molecule has 5 nitrogen and oxygen atoms in total. The Morgan fingerprint density at radius 1 is 1.15 bits per heavy atom. The van der Waals surface area contributed by atoms with Crippen LogP contribution in [-0.4, -0.2) is 15.8 Å². The fourth-order valence-corrected chi connectivity index (χ4v) is 2.78. The predicted octanol–water partition coefficient (Wildman–Crippen LogP) is 4.98. The minimum Gasteiger partial charge on any atom is -0.308 e. The number of hydrogen-bond donors (Lipinski definition) is 2. The van der Waals surface area contributed by atoms with Crippen molar-refractivity contribution in [2.45, 2.75) is 20.4 Å². The van der Waals surface area contributed by atoms with Crippen LogP contribution in [0.4, 0.5) is 20.6 Å². The minimum atomic E-state index is -0.371. The number of amides is 2. The fraction of sp³-hybridized carbons (Fsp3) is 0.158. The highest BCUT2D eigenvalue weighted by Gasteiger charge is 2.14. The summed E-state index contributed by atoms with van der Waals surface area (Å²) in [6.45, 7) is 4.09. The van der Waals surface area contributed by atoms with Gasteiger partial charge in [-0.2, -0.15) is 5.10 Å². The number of urea groups is 1. The molecule has 0 aliphatic carbocycles. The molecule has 0 saturated heterocycles. The summed E-state index contributed by atoms with van der Waals surface area (Å²) >= 11 is 5.84. The predicted molar refractivity (Wildman–Crippen MR) is 101 cm³/mol. The normalized spacial score (nSPS) is 10.6. The van der Waals surface area contributed by atoms with Crippen molar-refractivity contribution >= 4 is 29.0 Å². The summed E-state index contributed by atoms with van der Waals surface area (Å²) < 4.78 is 15.1. The van der Waals surface area contributed by atoms with Crippen molar-refractivity contribution in [2.24, 2.45) is 0 Å². The number of carbonyl (C=O) groups is 1. The Morgan fingerprint density at radius 2 is 1.88 bits per heavy atom. The number of rotatable bonds is 4. The molecule has 2 N–H and O–H groups in total. The molecular weight excluding hydrogens is 355 g/mol. The number of nitrogens with one attached hydrogen (secondary N) is 2. The van der Waals surface area contributed by atoms with E-state index in [2.05, 4.69) is 15.7 Å². The molecule has 134 valence electrons. The van der Waals surface area contributed by atoms with Gasteiger partial charge in [0, 0.05) is 10.7 Å². The van der Waals surface area contributed by atoms with Gasteiger partial charge in [0.1, 0.15) is 5.82 Å². The third-order valence-corrected chi connectivity index (χ3v) is 4.20. The second kappa shape index (κ2) is 7.58. The first-order valence-electron chi connectivity index (χ1n) is 8.04. The van der Waals surface area contributed by atoms with E-state index in [1.807, 2.05) is 19.9 Å². The van der Waals surface area contributed by atoms with Crippen LogP contribution in [0.15, 0.2) is 48.5 Å². The third kappa shape index (κ3) is 4.21. The Balaban J connectivity index is 1.73. The monoisotopic (exact) mass is 372 g/mol. The average Bonchev–Trinajstić information content (AvgIpc) is 2.84. The number of halogens is 2. The van der Waals surface area contributed by atoms with Gasteiger partial charge in [0.15, 0.2) is 0 Å². The lowest BCUT2D eigenvalue weighted by atomic mass is 10.2. The van der Waals surface area contributed by atoms with E-state index in [0.717, 1.165) is 11.3 Å². The van der Waals surface area contributed by atoms with Crippen LogP contribution in [0.25, 0.3) is 0 Å². The maximum Gasteiger partial charge on any atom is 0.323 e. The number of anilines is 2. The molecule has 26 heavy (non-hydrogen) atoms. The van der Waals surface area contributed by atoms with Gasteiger partial charge >= 0.3 is 6.03 Å². The lowest BCUT2D eigenvalue weighted by molar-refractivity contribution is 0.262. The van der Waals surface area contributed by atoms with Crippen molar-refractivity contribution < 1.29 is 9.18 Å². The van der Waals surface area contributed by atoms with Crippen LogP contribution in [0.2, 0.25) is 5.02 Å². The SMILES string of the molecule is Cc1nn(Cc2cccc(F)c2)c(C)c1NC(=O)Nc1ccc(Cl)cc1. The maximum absolute atomic E-state index is 13.4. The largest absolute Gasteiger partial charge is 0.323 e. The molecule has 0 aliphatic heterocycles. The molecule has 2 aromatic carbocycles. The van der Waals surface area contributed by atoms with Crippen LogP contribution in [0.1, 0.15) is 17.0 Å². The highest BCUT2D eigenvalue weighted by molar-refractivity contribution is 6.30. The Labute approximate surface area is 155 Å². The summed E-state index contributed by atoms with van der Waals surface area (Å²) in [6.07, 6.45) is 0. The van der Waals surface area contributed by atoms with E-state index in [4.69, 9.17) is 11.6 Å². The first-order chi connectivity index (χ1) is 12.4. The quantitative estimate of drug-likeness (QED) is 0.678. The van der Waals surface area contributed by atoms with Gasteiger partial charge in [0.2, 0.25) is 0 Å². The van der Waals surface area contributed by atoms with E-state index in [1.165, 1.54) is 12.1 Å². The zero-order valence-corrected chi connectivity index (χ0v) is 15.1. The van der Waals surface area contributed by atoms with Crippen LogP contribution in [0.5, 0.6) is 0 Å². The van der Waals surface area contributed by atoms with Crippen molar-refractivity contribution in [2.75, 3.05) is 10.6 Å². The van der Waals surface area contributed by atoms with E-state index < -0.39 is 0 Å². The fourth-order valence-electron chi connectivity index (χ4n) is 2.65. The molecule has 0 bridgehead atoms. The summed E-state index contributed by atoms with van der Waals surface area (Å²) in [5, 5.41) is 10.6. The topological polar surface area (TPSA) is 59.0 Å². The molecular formula is C19H18ClFN4O. The van der Waals surface area contributed by atoms with E-state index >= 15 is 0 Å².